The number of rotatable bonds is 13. The van der Waals surface area contributed by atoms with Gasteiger partial charge in [-0.05, 0) is 74.0 Å². The molecule has 1 fully saturated rings. The number of hydrogen-bond acceptors (Lipinski definition) is 0. The van der Waals surface area contributed by atoms with E-state index in [4.69, 9.17) is 0 Å². The van der Waals surface area contributed by atoms with Crippen molar-refractivity contribution in [1.82, 2.24) is 0 Å². The molecule has 0 amide bonds. The van der Waals surface area contributed by atoms with Gasteiger partial charge in [0.15, 0.2) is 0 Å². The number of benzene rings is 1. The molecule has 0 aliphatic heterocycles. The highest BCUT2D eigenvalue weighted by molar-refractivity contribution is 5.34. The van der Waals surface area contributed by atoms with E-state index in [0.29, 0.717) is 0 Å². The second-order valence-electron chi connectivity index (χ2n) is 9.28. The molecule has 0 heteroatoms. The second-order valence-corrected chi connectivity index (χ2v) is 9.28. The second kappa shape index (κ2) is 13.4. The Hall–Kier alpha value is -0.780. The Morgan fingerprint density at radius 1 is 0.741 bits per heavy atom. The van der Waals surface area contributed by atoms with E-state index in [-0.39, 0.29) is 0 Å². The summed E-state index contributed by atoms with van der Waals surface area (Å²) >= 11 is 0. The minimum Gasteiger partial charge on any atom is -0.0654 e. The van der Waals surface area contributed by atoms with E-state index in [1.54, 1.807) is 16.7 Å². The third kappa shape index (κ3) is 8.41. The molecule has 1 aliphatic rings. The van der Waals surface area contributed by atoms with Crippen LogP contribution >= 0.6 is 0 Å². The van der Waals surface area contributed by atoms with Crippen LogP contribution in [0.4, 0.5) is 0 Å². The van der Waals surface area contributed by atoms with Crippen LogP contribution in [0.3, 0.4) is 0 Å². The van der Waals surface area contributed by atoms with Crippen molar-refractivity contribution < 1.29 is 0 Å². The Labute approximate surface area is 170 Å². The van der Waals surface area contributed by atoms with Gasteiger partial charge in [-0.1, -0.05) is 96.3 Å². The summed E-state index contributed by atoms with van der Waals surface area (Å²) in [5.74, 6) is 1.85. The molecule has 0 aromatic heterocycles. The summed E-state index contributed by atoms with van der Waals surface area (Å²) in [4.78, 5) is 0. The SMILES string of the molecule is CCCCCCCCC[C@H]1CC[C@H](c2ccc(CCCCC)cc2C)CC1. The molecule has 0 N–H and O–H groups in total. The third-order valence-electron chi connectivity index (χ3n) is 6.91. The highest BCUT2D eigenvalue weighted by Gasteiger charge is 2.23. The lowest BCUT2D eigenvalue weighted by molar-refractivity contribution is 0.301. The topological polar surface area (TPSA) is 0 Å². The van der Waals surface area contributed by atoms with Gasteiger partial charge in [-0.3, -0.25) is 0 Å². The monoisotopic (exact) mass is 370 g/mol. The first-order valence-corrected chi connectivity index (χ1v) is 12.3. The van der Waals surface area contributed by atoms with E-state index in [1.165, 1.54) is 103 Å². The maximum Gasteiger partial charge on any atom is -0.0159 e. The average Bonchev–Trinajstić information content (AvgIpc) is 2.68. The van der Waals surface area contributed by atoms with Crippen LogP contribution in [-0.2, 0) is 6.42 Å². The molecule has 0 atom stereocenters. The minimum atomic E-state index is 0.833. The van der Waals surface area contributed by atoms with Gasteiger partial charge in [0.1, 0.15) is 0 Å². The molecule has 154 valence electrons. The lowest BCUT2D eigenvalue weighted by Gasteiger charge is -2.30. The van der Waals surface area contributed by atoms with E-state index < -0.39 is 0 Å². The molecular formula is C27H46. The minimum absolute atomic E-state index is 0.833. The van der Waals surface area contributed by atoms with Crippen molar-refractivity contribution >= 4 is 0 Å². The van der Waals surface area contributed by atoms with Gasteiger partial charge in [0.2, 0.25) is 0 Å². The Balaban J connectivity index is 1.66. The van der Waals surface area contributed by atoms with Gasteiger partial charge in [0.05, 0.1) is 0 Å². The maximum atomic E-state index is 2.48. The fourth-order valence-corrected chi connectivity index (χ4v) is 5.08. The molecule has 0 spiro atoms. The van der Waals surface area contributed by atoms with Gasteiger partial charge >= 0.3 is 0 Å². The predicted octanol–water partition coefficient (Wildman–Crippen LogP) is 9.14. The van der Waals surface area contributed by atoms with Crippen LogP contribution in [-0.4, -0.2) is 0 Å². The zero-order chi connectivity index (χ0) is 19.3. The van der Waals surface area contributed by atoms with Crippen molar-refractivity contribution in [2.24, 2.45) is 5.92 Å². The molecule has 27 heavy (non-hydrogen) atoms. The Morgan fingerprint density at radius 3 is 2.04 bits per heavy atom. The van der Waals surface area contributed by atoms with E-state index in [2.05, 4.69) is 39.0 Å². The van der Waals surface area contributed by atoms with Crippen LogP contribution in [0.5, 0.6) is 0 Å². The standard InChI is InChI=1S/C27H46/c1-4-6-8-9-10-11-13-14-24-16-19-26(20-17-24)27-21-18-25(22-23(27)3)15-12-7-5-2/h18,21-22,24,26H,4-17,19-20H2,1-3H3/t24-,26-. The van der Waals surface area contributed by atoms with Gasteiger partial charge in [0, 0.05) is 0 Å². The summed E-state index contributed by atoms with van der Waals surface area (Å²) in [6.45, 7) is 6.95. The van der Waals surface area contributed by atoms with Crippen LogP contribution in [0.25, 0.3) is 0 Å². The van der Waals surface area contributed by atoms with Gasteiger partial charge in [-0.2, -0.15) is 0 Å². The zero-order valence-electron chi connectivity index (χ0n) is 18.7. The maximum absolute atomic E-state index is 2.48. The van der Waals surface area contributed by atoms with Crippen LogP contribution in [0, 0.1) is 12.8 Å². The number of hydrogen-bond donors (Lipinski definition) is 0. The van der Waals surface area contributed by atoms with Crippen molar-refractivity contribution in [3.8, 4) is 0 Å². The van der Waals surface area contributed by atoms with E-state index in [9.17, 15) is 0 Å². The fourth-order valence-electron chi connectivity index (χ4n) is 5.08. The lowest BCUT2D eigenvalue weighted by atomic mass is 9.76. The van der Waals surface area contributed by atoms with Crippen LogP contribution in [0.15, 0.2) is 18.2 Å². The fraction of sp³-hybridized carbons (Fsp3) is 0.778. The predicted molar refractivity (Wildman–Crippen MR) is 122 cm³/mol. The van der Waals surface area contributed by atoms with Crippen molar-refractivity contribution in [2.45, 2.75) is 129 Å². The van der Waals surface area contributed by atoms with Crippen molar-refractivity contribution in [3.05, 3.63) is 34.9 Å². The first-order chi connectivity index (χ1) is 13.2. The molecule has 2 rings (SSSR count). The zero-order valence-corrected chi connectivity index (χ0v) is 18.7. The molecular weight excluding hydrogens is 324 g/mol. The van der Waals surface area contributed by atoms with Crippen LogP contribution in [0.2, 0.25) is 0 Å². The molecule has 0 radical (unpaired) electrons. The van der Waals surface area contributed by atoms with Crippen molar-refractivity contribution in [2.75, 3.05) is 0 Å². The summed E-state index contributed by atoms with van der Waals surface area (Å²) in [7, 11) is 0. The van der Waals surface area contributed by atoms with Gasteiger partial charge in [-0.25, -0.2) is 0 Å². The molecule has 0 nitrogen and oxygen atoms in total. The van der Waals surface area contributed by atoms with E-state index in [1.807, 2.05) is 0 Å². The highest BCUT2D eigenvalue weighted by Crippen LogP contribution is 2.39. The Bertz CT molecular complexity index is 493. The summed E-state index contributed by atoms with van der Waals surface area (Å²) in [5.41, 5.74) is 4.76. The number of aryl methyl sites for hydroxylation is 2. The van der Waals surface area contributed by atoms with Gasteiger partial charge in [-0.15, -0.1) is 0 Å². The van der Waals surface area contributed by atoms with Gasteiger partial charge in [0.25, 0.3) is 0 Å². The molecule has 0 heterocycles. The molecule has 1 aromatic carbocycles. The van der Waals surface area contributed by atoms with Crippen molar-refractivity contribution in [1.29, 1.82) is 0 Å². The molecule has 1 aliphatic carbocycles. The van der Waals surface area contributed by atoms with Crippen molar-refractivity contribution in [3.63, 3.8) is 0 Å². The third-order valence-corrected chi connectivity index (χ3v) is 6.91. The number of unbranched alkanes of at least 4 members (excludes halogenated alkanes) is 8. The molecule has 0 saturated heterocycles. The summed E-state index contributed by atoms with van der Waals surface area (Å²) in [6.07, 6.45) is 22.7. The summed E-state index contributed by atoms with van der Waals surface area (Å²) in [6, 6.07) is 7.37. The first-order valence-electron chi connectivity index (χ1n) is 12.3. The Kier molecular flexibility index (Phi) is 11.2. The summed E-state index contributed by atoms with van der Waals surface area (Å²) < 4.78 is 0. The summed E-state index contributed by atoms with van der Waals surface area (Å²) in [5, 5.41) is 0. The molecule has 0 unspecified atom stereocenters. The average molecular weight is 371 g/mol. The van der Waals surface area contributed by atoms with Gasteiger partial charge < -0.3 is 0 Å². The first kappa shape index (κ1) is 22.5. The molecule has 1 saturated carbocycles. The smallest absolute Gasteiger partial charge is 0.0159 e. The van der Waals surface area contributed by atoms with Crippen LogP contribution < -0.4 is 0 Å². The highest BCUT2D eigenvalue weighted by atomic mass is 14.3. The van der Waals surface area contributed by atoms with Crippen LogP contribution in [0.1, 0.15) is 133 Å². The lowest BCUT2D eigenvalue weighted by Crippen LogP contribution is -2.14. The molecule has 1 aromatic rings. The van der Waals surface area contributed by atoms with E-state index in [0.717, 1.165) is 11.8 Å². The largest absolute Gasteiger partial charge is 0.0654 e. The molecule has 0 bridgehead atoms. The quantitative estimate of drug-likeness (QED) is 0.304. The normalized spacial score (nSPS) is 20.1. The Morgan fingerprint density at radius 2 is 1.37 bits per heavy atom. The van der Waals surface area contributed by atoms with E-state index >= 15 is 0 Å².